The van der Waals surface area contributed by atoms with Crippen LogP contribution in [0.1, 0.15) is 27.5 Å². The number of fused-ring (bicyclic) bond motifs is 1. The number of β-amino-alcohol motifs (C(OH)–C–C–N with tert-alkyl or cyclic N) is 1. The van der Waals surface area contributed by atoms with E-state index in [-0.39, 0.29) is 35.1 Å². The van der Waals surface area contributed by atoms with Gasteiger partial charge in [0.1, 0.15) is 15.5 Å². The maximum atomic E-state index is 13.2. The Bertz CT molecular complexity index is 1440. The van der Waals surface area contributed by atoms with Crippen molar-refractivity contribution < 1.29 is 23.1 Å². The predicted molar refractivity (Wildman–Crippen MR) is 147 cm³/mol. The van der Waals surface area contributed by atoms with Crippen LogP contribution in [0, 0.1) is 12.3 Å². The molecule has 11 nitrogen and oxygen atoms in total. The summed E-state index contributed by atoms with van der Waals surface area (Å²) in [5.41, 5.74) is 1.29. The molecule has 4 heterocycles. The number of nitrogens with zero attached hydrogens (tertiary/aromatic N) is 5. The number of thiazole rings is 1. The zero-order valence-electron chi connectivity index (χ0n) is 22.3. The van der Waals surface area contributed by atoms with Crippen LogP contribution < -0.4 is 9.46 Å². The number of rotatable bonds is 2. The number of benzene rings is 1. The lowest BCUT2D eigenvalue weighted by Gasteiger charge is -2.44. The van der Waals surface area contributed by atoms with Crippen LogP contribution in [-0.2, 0) is 17.1 Å². The number of aliphatic hydroxyl groups is 1. The second-order valence-corrected chi connectivity index (χ2v) is 13.6. The monoisotopic (exact) mass is 574 g/mol. The zero-order chi connectivity index (χ0) is 27.8. The third-order valence-electron chi connectivity index (χ3n) is 7.39. The molecule has 2 aliphatic rings. The zero-order valence-corrected chi connectivity index (χ0v) is 24.0. The molecular formula is C26H34N6O5S2. The van der Waals surface area contributed by atoms with Crippen molar-refractivity contribution in [3.8, 4) is 16.9 Å². The first-order valence-corrected chi connectivity index (χ1v) is 15.2. The number of nitrogens with one attached hydrogen (secondary N) is 1. The standard InChI is InChI=1S/C26H34N6O5S2/c1-18-27-13-23(38-18)25(34)32-8-6-26(7-9-32)16-30(2)15-21(33)12-29-39(35,36)24-5-4-19(10-22(24)37-17-26)20-11-28-31(3)14-20/h4-5,10-11,13-14,21,29,33H,6-9,12,15-17H2,1-3H3. The maximum absolute atomic E-state index is 13.2. The van der Waals surface area contributed by atoms with Gasteiger partial charge in [0.05, 0.1) is 30.1 Å². The molecule has 0 bridgehead atoms. The molecule has 0 aliphatic carbocycles. The van der Waals surface area contributed by atoms with E-state index in [2.05, 4.69) is 14.8 Å². The van der Waals surface area contributed by atoms with Gasteiger partial charge >= 0.3 is 0 Å². The summed E-state index contributed by atoms with van der Waals surface area (Å²) in [5, 5.41) is 15.7. The van der Waals surface area contributed by atoms with Crippen LogP contribution in [0.25, 0.3) is 11.1 Å². The van der Waals surface area contributed by atoms with Crippen molar-refractivity contribution in [3.63, 3.8) is 0 Å². The Hall–Kier alpha value is -2.84. The lowest BCUT2D eigenvalue weighted by Crippen LogP contribution is -2.51. The van der Waals surface area contributed by atoms with Crippen molar-refractivity contribution in [1.82, 2.24) is 29.3 Å². The van der Waals surface area contributed by atoms with E-state index in [1.165, 1.54) is 17.4 Å². The van der Waals surface area contributed by atoms with Gasteiger partial charge in [0.15, 0.2) is 0 Å². The van der Waals surface area contributed by atoms with E-state index < -0.39 is 16.1 Å². The Morgan fingerprint density at radius 3 is 2.64 bits per heavy atom. The number of aromatic nitrogens is 3. The van der Waals surface area contributed by atoms with Gasteiger partial charge in [-0.3, -0.25) is 9.48 Å². The van der Waals surface area contributed by atoms with Gasteiger partial charge in [0, 0.05) is 56.9 Å². The van der Waals surface area contributed by atoms with Gasteiger partial charge in [-0.15, -0.1) is 11.3 Å². The Labute approximate surface area is 232 Å². The number of sulfonamides is 1. The number of piperidine rings is 1. The fourth-order valence-electron chi connectivity index (χ4n) is 5.32. The highest BCUT2D eigenvalue weighted by Crippen LogP contribution is 2.37. The van der Waals surface area contributed by atoms with E-state index in [1.807, 2.05) is 37.0 Å². The molecule has 1 unspecified atom stereocenters. The molecule has 1 saturated heterocycles. The number of carbonyl (C=O) groups is 1. The molecule has 2 aliphatic heterocycles. The van der Waals surface area contributed by atoms with E-state index in [0.717, 1.165) is 16.1 Å². The third kappa shape index (κ3) is 6.17. The van der Waals surface area contributed by atoms with Crippen molar-refractivity contribution in [3.05, 3.63) is 46.7 Å². The largest absolute Gasteiger partial charge is 0.492 e. The normalized spacial score (nSPS) is 21.9. The number of amides is 1. The highest BCUT2D eigenvalue weighted by atomic mass is 32.2. The minimum atomic E-state index is -3.94. The van der Waals surface area contributed by atoms with Crippen molar-refractivity contribution in [2.45, 2.75) is 30.8 Å². The number of hydrogen-bond acceptors (Lipinski definition) is 9. The summed E-state index contributed by atoms with van der Waals surface area (Å²) >= 11 is 1.39. The first kappa shape index (κ1) is 27.7. The minimum absolute atomic E-state index is 0.0167. The highest BCUT2D eigenvalue weighted by molar-refractivity contribution is 7.89. The maximum Gasteiger partial charge on any atom is 0.265 e. The number of aliphatic hydroxyl groups excluding tert-OH is 1. The van der Waals surface area contributed by atoms with Gasteiger partial charge in [0.25, 0.3) is 5.91 Å². The predicted octanol–water partition coefficient (Wildman–Crippen LogP) is 1.74. The lowest BCUT2D eigenvalue weighted by atomic mass is 9.78. The average molecular weight is 575 g/mol. The Kier molecular flexibility index (Phi) is 7.80. The quantitative estimate of drug-likeness (QED) is 0.474. The summed E-state index contributed by atoms with van der Waals surface area (Å²) in [6.45, 7) is 4.09. The van der Waals surface area contributed by atoms with Crippen molar-refractivity contribution in [1.29, 1.82) is 0 Å². The Morgan fingerprint density at radius 1 is 1.21 bits per heavy atom. The number of ether oxygens (including phenoxy) is 1. The van der Waals surface area contributed by atoms with Crippen LogP contribution in [0.3, 0.4) is 0 Å². The average Bonchev–Trinajstić information content (AvgIpc) is 3.54. The second-order valence-electron chi connectivity index (χ2n) is 10.6. The van der Waals surface area contributed by atoms with Crippen LogP contribution in [0.2, 0.25) is 0 Å². The molecule has 2 N–H and O–H groups in total. The third-order valence-corrected chi connectivity index (χ3v) is 9.75. The first-order valence-electron chi connectivity index (χ1n) is 12.9. The van der Waals surface area contributed by atoms with E-state index in [1.54, 1.807) is 29.2 Å². The topological polar surface area (TPSA) is 130 Å². The van der Waals surface area contributed by atoms with Crippen LogP contribution in [0.4, 0.5) is 0 Å². The number of likely N-dealkylation sites (tertiary alicyclic amines) is 1. The minimum Gasteiger partial charge on any atom is -0.492 e. The molecule has 210 valence electrons. The van der Waals surface area contributed by atoms with Crippen molar-refractivity contribution in [2.75, 3.05) is 46.4 Å². The second kappa shape index (κ2) is 11.0. The molecule has 1 amide bonds. The molecule has 1 spiro atoms. The van der Waals surface area contributed by atoms with Crippen LogP contribution in [0.5, 0.6) is 5.75 Å². The number of carbonyl (C=O) groups excluding carboxylic acids is 1. The van der Waals surface area contributed by atoms with Gasteiger partial charge in [0.2, 0.25) is 10.0 Å². The molecular weight excluding hydrogens is 540 g/mol. The number of aryl methyl sites for hydroxylation is 2. The van der Waals surface area contributed by atoms with Crippen LogP contribution in [0.15, 0.2) is 41.7 Å². The molecule has 2 aromatic heterocycles. The smallest absolute Gasteiger partial charge is 0.265 e. The fraction of sp³-hybridized carbons (Fsp3) is 0.500. The SMILES string of the molecule is Cc1ncc(C(=O)N2CCC3(CC2)COc2cc(-c4cnn(C)c4)ccc2S(=O)(=O)NCC(O)CN(C)C3)s1. The molecule has 39 heavy (non-hydrogen) atoms. The number of likely N-dealkylation sites (N-methyl/N-ethyl adjacent to an activating group) is 1. The summed E-state index contributed by atoms with van der Waals surface area (Å²) in [6, 6.07) is 5.00. The van der Waals surface area contributed by atoms with Gasteiger partial charge in [-0.1, -0.05) is 6.07 Å². The summed E-state index contributed by atoms with van der Waals surface area (Å²) in [7, 11) is -0.202. The highest BCUT2D eigenvalue weighted by Gasteiger charge is 2.39. The van der Waals surface area contributed by atoms with Gasteiger partial charge in [-0.25, -0.2) is 18.1 Å². The van der Waals surface area contributed by atoms with E-state index >= 15 is 0 Å². The molecule has 1 fully saturated rings. The van der Waals surface area contributed by atoms with E-state index in [0.29, 0.717) is 43.9 Å². The molecule has 1 atom stereocenters. The van der Waals surface area contributed by atoms with Crippen molar-refractivity contribution in [2.24, 2.45) is 12.5 Å². The lowest BCUT2D eigenvalue weighted by molar-refractivity contribution is 0.0161. The van der Waals surface area contributed by atoms with Crippen LogP contribution in [-0.4, -0.2) is 96.5 Å². The molecule has 3 aromatic rings. The van der Waals surface area contributed by atoms with Crippen LogP contribution >= 0.6 is 11.3 Å². The molecule has 5 rings (SSSR count). The molecule has 0 radical (unpaired) electrons. The summed E-state index contributed by atoms with van der Waals surface area (Å²) < 4.78 is 37.0. The molecule has 0 saturated carbocycles. The van der Waals surface area contributed by atoms with E-state index in [9.17, 15) is 18.3 Å². The molecule has 1 aromatic carbocycles. The van der Waals surface area contributed by atoms with Gasteiger partial charge in [-0.2, -0.15) is 5.10 Å². The van der Waals surface area contributed by atoms with Gasteiger partial charge in [-0.05, 0) is 44.5 Å². The summed E-state index contributed by atoms with van der Waals surface area (Å²) in [5.74, 6) is 0.233. The fourth-order valence-corrected chi connectivity index (χ4v) is 7.26. The molecule has 13 heteroatoms. The number of hydrogen-bond donors (Lipinski definition) is 2. The summed E-state index contributed by atoms with van der Waals surface area (Å²) in [6.07, 6.45) is 5.68. The Balaban J connectivity index is 1.44. The first-order chi connectivity index (χ1) is 18.5. The van der Waals surface area contributed by atoms with E-state index in [4.69, 9.17) is 4.74 Å². The van der Waals surface area contributed by atoms with Gasteiger partial charge < -0.3 is 19.6 Å². The Morgan fingerprint density at radius 2 is 1.97 bits per heavy atom. The van der Waals surface area contributed by atoms with Crippen molar-refractivity contribution >= 4 is 27.3 Å². The summed E-state index contributed by atoms with van der Waals surface area (Å²) in [4.78, 5) is 21.8.